The minimum absolute atomic E-state index is 0. The molecule has 1 fully saturated rings. The van der Waals surface area contributed by atoms with Crippen molar-refractivity contribution in [1.82, 2.24) is 4.98 Å². The van der Waals surface area contributed by atoms with Gasteiger partial charge in [-0.15, -0.1) is 24.8 Å². The molecule has 0 spiro atoms. The molecule has 1 aromatic rings. The summed E-state index contributed by atoms with van der Waals surface area (Å²) in [6, 6.07) is 4.27. The lowest BCUT2D eigenvalue weighted by molar-refractivity contribution is 0.626. The van der Waals surface area contributed by atoms with E-state index >= 15 is 0 Å². The molecule has 0 amide bonds. The van der Waals surface area contributed by atoms with Crippen LogP contribution in [-0.4, -0.2) is 4.98 Å². The third kappa shape index (κ3) is 2.84. The van der Waals surface area contributed by atoms with Crippen molar-refractivity contribution in [3.63, 3.8) is 0 Å². The zero-order valence-corrected chi connectivity index (χ0v) is 9.78. The van der Waals surface area contributed by atoms with Gasteiger partial charge < -0.3 is 5.73 Å². The van der Waals surface area contributed by atoms with Crippen molar-refractivity contribution >= 4 is 24.8 Å². The quantitative estimate of drug-likeness (QED) is 0.855. The van der Waals surface area contributed by atoms with Crippen LogP contribution in [0.15, 0.2) is 18.3 Å². The third-order valence-electron chi connectivity index (χ3n) is 2.54. The Morgan fingerprint density at radius 2 is 2.07 bits per heavy atom. The van der Waals surface area contributed by atoms with Crippen LogP contribution < -0.4 is 5.73 Å². The van der Waals surface area contributed by atoms with Crippen molar-refractivity contribution < 1.29 is 0 Å². The molecule has 0 bridgehead atoms. The predicted octanol–water partition coefficient (Wildman–Crippen LogP) is 2.64. The number of hydrogen-bond acceptors (Lipinski definition) is 2. The molecule has 1 heterocycles. The number of nitrogens with zero attached hydrogens (tertiary/aromatic N) is 1. The molecule has 1 saturated carbocycles. The maximum Gasteiger partial charge on any atom is 0.0420 e. The second kappa shape index (κ2) is 5.54. The van der Waals surface area contributed by atoms with Crippen molar-refractivity contribution in [3.8, 4) is 0 Å². The van der Waals surface area contributed by atoms with E-state index in [1.807, 2.05) is 19.2 Å². The smallest absolute Gasteiger partial charge is 0.0420 e. The average molecular weight is 235 g/mol. The fourth-order valence-electron chi connectivity index (χ4n) is 1.56. The summed E-state index contributed by atoms with van der Waals surface area (Å²) in [4.78, 5) is 4.23. The first-order valence-corrected chi connectivity index (χ1v) is 4.46. The van der Waals surface area contributed by atoms with Gasteiger partial charge in [-0.05, 0) is 37.3 Å². The zero-order chi connectivity index (χ0) is 8.55. The Balaban J connectivity index is 0.000000845. The number of aryl methyl sites for hydroxylation is 1. The Morgan fingerprint density at radius 1 is 1.43 bits per heavy atom. The maximum absolute atomic E-state index is 6.06. The maximum atomic E-state index is 6.06. The Morgan fingerprint density at radius 3 is 2.57 bits per heavy atom. The molecule has 0 saturated heterocycles. The van der Waals surface area contributed by atoms with Crippen LogP contribution in [0, 0.1) is 12.8 Å². The monoisotopic (exact) mass is 234 g/mol. The number of rotatable bonds is 2. The largest absolute Gasteiger partial charge is 0.324 e. The molecule has 1 aliphatic rings. The van der Waals surface area contributed by atoms with E-state index in [0.29, 0.717) is 5.92 Å². The van der Waals surface area contributed by atoms with Gasteiger partial charge in [-0.3, -0.25) is 4.98 Å². The first kappa shape index (κ1) is 13.7. The molecule has 0 radical (unpaired) electrons. The summed E-state index contributed by atoms with van der Waals surface area (Å²) in [7, 11) is 0. The molecule has 0 aliphatic heterocycles. The molecule has 2 nitrogen and oxygen atoms in total. The molecular weight excluding hydrogens is 219 g/mol. The first-order chi connectivity index (χ1) is 5.79. The minimum Gasteiger partial charge on any atom is -0.324 e. The van der Waals surface area contributed by atoms with Gasteiger partial charge in [-0.1, -0.05) is 6.07 Å². The molecule has 2 rings (SSSR count). The number of halogens is 2. The van der Waals surface area contributed by atoms with Crippen molar-refractivity contribution in [3.05, 3.63) is 29.6 Å². The fraction of sp³-hybridized carbons (Fsp3) is 0.500. The van der Waals surface area contributed by atoms with Crippen molar-refractivity contribution in [2.45, 2.75) is 25.8 Å². The van der Waals surface area contributed by atoms with Crippen LogP contribution in [0.25, 0.3) is 0 Å². The van der Waals surface area contributed by atoms with E-state index in [1.165, 1.54) is 18.4 Å². The van der Waals surface area contributed by atoms with Crippen LogP contribution in [-0.2, 0) is 0 Å². The number of aromatic nitrogens is 1. The van der Waals surface area contributed by atoms with Crippen LogP contribution in [0.4, 0.5) is 0 Å². The van der Waals surface area contributed by atoms with Gasteiger partial charge in [0, 0.05) is 17.9 Å². The highest BCUT2D eigenvalue weighted by Crippen LogP contribution is 2.39. The summed E-state index contributed by atoms with van der Waals surface area (Å²) in [5.74, 6) is 0.716. The standard InChI is InChI=1S/C10H14N2.2ClH/c1-7-9(3-2-6-12-7)10(11)8-4-5-8;;/h2-3,6,8,10H,4-5,11H2,1H3;2*1H. The normalized spacial score (nSPS) is 16.4. The van der Waals surface area contributed by atoms with E-state index in [1.54, 1.807) is 0 Å². The van der Waals surface area contributed by atoms with Gasteiger partial charge in [-0.2, -0.15) is 0 Å². The van der Waals surface area contributed by atoms with Crippen molar-refractivity contribution in [2.75, 3.05) is 0 Å². The van der Waals surface area contributed by atoms with Gasteiger partial charge >= 0.3 is 0 Å². The Bertz CT molecular complexity index is 287. The fourth-order valence-corrected chi connectivity index (χ4v) is 1.56. The van der Waals surface area contributed by atoms with Crippen molar-refractivity contribution in [1.29, 1.82) is 0 Å². The van der Waals surface area contributed by atoms with Gasteiger partial charge in [0.15, 0.2) is 0 Å². The lowest BCUT2D eigenvalue weighted by Gasteiger charge is -2.11. The molecule has 1 unspecified atom stereocenters. The highest BCUT2D eigenvalue weighted by molar-refractivity contribution is 5.85. The van der Waals surface area contributed by atoms with E-state index in [9.17, 15) is 0 Å². The lowest BCUT2D eigenvalue weighted by Crippen LogP contribution is -2.14. The van der Waals surface area contributed by atoms with Crippen LogP contribution in [0.1, 0.15) is 30.1 Å². The van der Waals surface area contributed by atoms with Crippen molar-refractivity contribution in [2.24, 2.45) is 11.7 Å². The van der Waals surface area contributed by atoms with Crippen LogP contribution in [0.5, 0.6) is 0 Å². The van der Waals surface area contributed by atoms with Gasteiger partial charge in [0.25, 0.3) is 0 Å². The zero-order valence-electron chi connectivity index (χ0n) is 8.14. The molecule has 1 aromatic heterocycles. The minimum atomic E-state index is 0. The summed E-state index contributed by atoms with van der Waals surface area (Å²) < 4.78 is 0. The third-order valence-corrected chi connectivity index (χ3v) is 2.54. The molecule has 4 heteroatoms. The molecule has 0 aromatic carbocycles. The van der Waals surface area contributed by atoms with Crippen LogP contribution in [0.2, 0.25) is 0 Å². The lowest BCUT2D eigenvalue weighted by atomic mass is 10.0. The molecule has 1 atom stereocenters. The highest BCUT2D eigenvalue weighted by Gasteiger charge is 2.30. The van der Waals surface area contributed by atoms with Gasteiger partial charge in [-0.25, -0.2) is 0 Å². The second-order valence-electron chi connectivity index (χ2n) is 3.54. The molecule has 80 valence electrons. The SMILES string of the molecule is Cc1ncccc1C(N)C1CC1.Cl.Cl. The van der Waals surface area contributed by atoms with E-state index in [4.69, 9.17) is 5.73 Å². The topological polar surface area (TPSA) is 38.9 Å². The molecule has 2 N–H and O–H groups in total. The predicted molar refractivity (Wildman–Crippen MR) is 63.1 cm³/mol. The van der Waals surface area contributed by atoms with Crippen LogP contribution in [0.3, 0.4) is 0 Å². The first-order valence-electron chi connectivity index (χ1n) is 4.46. The Labute approximate surface area is 97.1 Å². The number of pyridine rings is 1. The molecule has 1 aliphatic carbocycles. The summed E-state index contributed by atoms with van der Waals surface area (Å²) >= 11 is 0. The summed E-state index contributed by atoms with van der Waals surface area (Å²) in [5.41, 5.74) is 8.36. The van der Waals surface area contributed by atoms with E-state index in [2.05, 4.69) is 11.1 Å². The molecule has 14 heavy (non-hydrogen) atoms. The van der Waals surface area contributed by atoms with Crippen LogP contribution >= 0.6 is 24.8 Å². The van der Waals surface area contributed by atoms with Gasteiger partial charge in [0.05, 0.1) is 0 Å². The summed E-state index contributed by atoms with van der Waals surface area (Å²) in [5, 5.41) is 0. The van der Waals surface area contributed by atoms with Gasteiger partial charge in [0.1, 0.15) is 0 Å². The van der Waals surface area contributed by atoms with E-state index in [-0.39, 0.29) is 30.9 Å². The number of nitrogens with two attached hydrogens (primary N) is 1. The summed E-state index contributed by atoms with van der Waals surface area (Å²) in [6.07, 6.45) is 4.39. The highest BCUT2D eigenvalue weighted by atomic mass is 35.5. The molecular formula is C10H16Cl2N2. The summed E-state index contributed by atoms with van der Waals surface area (Å²) in [6.45, 7) is 2.03. The Hall–Kier alpha value is -0.310. The van der Waals surface area contributed by atoms with E-state index in [0.717, 1.165) is 5.69 Å². The van der Waals surface area contributed by atoms with Gasteiger partial charge in [0.2, 0.25) is 0 Å². The average Bonchev–Trinajstić information content (AvgIpc) is 2.86. The second-order valence-corrected chi connectivity index (χ2v) is 3.54. The van der Waals surface area contributed by atoms with E-state index < -0.39 is 0 Å². The number of hydrogen-bond donors (Lipinski definition) is 1. The Kier molecular flexibility index (Phi) is 5.42.